The molecular weight excluding hydrogens is 459 g/mol. The number of rotatable bonds is 11. The fourth-order valence-electron chi connectivity index (χ4n) is 3.40. The van der Waals surface area contributed by atoms with Gasteiger partial charge in [0.2, 0.25) is 0 Å². The van der Waals surface area contributed by atoms with Crippen LogP contribution >= 0.6 is 0 Å². The van der Waals surface area contributed by atoms with Gasteiger partial charge in [-0.15, -0.1) is 0 Å². The van der Waals surface area contributed by atoms with E-state index in [9.17, 15) is 9.59 Å². The van der Waals surface area contributed by atoms with Crippen LogP contribution < -0.4 is 14.9 Å². The molecule has 3 rings (SSSR count). The zero-order valence-corrected chi connectivity index (χ0v) is 22.2. The third-order valence-corrected chi connectivity index (χ3v) is 6.77. The first kappa shape index (κ1) is 27.7. The van der Waals surface area contributed by atoms with Crippen molar-refractivity contribution in [3.63, 3.8) is 0 Å². The molecule has 1 fully saturated rings. The molecule has 8 heteroatoms. The van der Waals surface area contributed by atoms with Crippen LogP contribution in [0.2, 0.25) is 0 Å². The summed E-state index contributed by atoms with van der Waals surface area (Å²) >= 11 is 0. The summed E-state index contributed by atoms with van der Waals surface area (Å²) in [4.78, 5) is 24.2. The van der Waals surface area contributed by atoms with Gasteiger partial charge < -0.3 is 23.5 Å². The molecule has 1 atom stereocenters. The molecule has 1 saturated heterocycles. The van der Waals surface area contributed by atoms with Gasteiger partial charge in [0.05, 0.1) is 35.9 Å². The first-order valence-electron chi connectivity index (χ1n) is 12.6. The van der Waals surface area contributed by atoms with Crippen molar-refractivity contribution in [2.75, 3.05) is 13.2 Å². The van der Waals surface area contributed by atoms with E-state index in [2.05, 4.69) is 0 Å². The predicted octanol–water partition coefficient (Wildman–Crippen LogP) is 4.95. The van der Waals surface area contributed by atoms with Gasteiger partial charge in [-0.1, -0.05) is 26.0 Å². The molecular formula is C28H37BO7. The Balaban J connectivity index is 1.42. The molecule has 2 aromatic carbocycles. The van der Waals surface area contributed by atoms with Crippen LogP contribution in [0.5, 0.6) is 11.5 Å². The van der Waals surface area contributed by atoms with Crippen molar-refractivity contribution >= 4 is 24.5 Å². The molecule has 0 bridgehead atoms. The zero-order valence-electron chi connectivity index (χ0n) is 22.2. The Morgan fingerprint density at radius 2 is 1.42 bits per heavy atom. The van der Waals surface area contributed by atoms with E-state index >= 15 is 0 Å². The van der Waals surface area contributed by atoms with Crippen LogP contribution in [-0.4, -0.2) is 43.5 Å². The van der Waals surface area contributed by atoms with E-state index in [0.717, 1.165) is 24.7 Å². The molecule has 0 N–H and O–H groups in total. The predicted molar refractivity (Wildman–Crippen MR) is 139 cm³/mol. The maximum Gasteiger partial charge on any atom is 0.494 e. The number of benzene rings is 2. The number of carbonyl (C=O) groups excluding carboxylic acids is 2. The van der Waals surface area contributed by atoms with Gasteiger partial charge >= 0.3 is 19.1 Å². The van der Waals surface area contributed by atoms with Crippen LogP contribution in [0.1, 0.15) is 71.2 Å². The third-order valence-electron chi connectivity index (χ3n) is 6.77. The number of ether oxygens (including phenoxy) is 3. The summed E-state index contributed by atoms with van der Waals surface area (Å²) in [5, 5.41) is 0. The Kier molecular flexibility index (Phi) is 9.20. The van der Waals surface area contributed by atoms with Gasteiger partial charge in [-0.25, -0.2) is 4.79 Å². The molecule has 0 amide bonds. The van der Waals surface area contributed by atoms with Crippen molar-refractivity contribution < 1.29 is 33.1 Å². The number of carbonyl (C=O) groups is 2. The smallest absolute Gasteiger partial charge is 0.494 e. The molecule has 36 heavy (non-hydrogen) atoms. The highest BCUT2D eigenvalue weighted by atomic mass is 16.7. The van der Waals surface area contributed by atoms with Crippen LogP contribution in [0, 0.1) is 5.92 Å². The molecule has 0 aromatic heterocycles. The first-order chi connectivity index (χ1) is 17.0. The van der Waals surface area contributed by atoms with Gasteiger partial charge in [-0.3, -0.25) is 4.79 Å². The molecule has 0 radical (unpaired) electrons. The summed E-state index contributed by atoms with van der Waals surface area (Å²) in [7, 11) is -0.466. The van der Waals surface area contributed by atoms with E-state index in [1.807, 2.05) is 53.7 Å². The average Bonchev–Trinajstić information content (AvgIpc) is 3.07. The molecule has 7 nitrogen and oxygen atoms in total. The van der Waals surface area contributed by atoms with E-state index in [1.165, 1.54) is 0 Å². The molecule has 0 aliphatic carbocycles. The molecule has 0 saturated carbocycles. The second-order valence-corrected chi connectivity index (χ2v) is 10.1. The number of unbranched alkanes of at least 4 members (excludes halogenated alkanes) is 1. The van der Waals surface area contributed by atoms with E-state index < -0.39 is 24.3 Å². The molecule has 1 aliphatic rings. The summed E-state index contributed by atoms with van der Waals surface area (Å²) in [6, 6.07) is 14.0. The summed E-state index contributed by atoms with van der Waals surface area (Å²) in [6.45, 7) is 12.8. The molecule has 0 spiro atoms. The standard InChI is InChI=1S/C28H37BO7/c1-7-20(2)25(30)33-19-9-8-18-32-23-14-10-21(11-15-23)26(31)34-24-16-12-22(13-17-24)29-35-27(3,4)28(5,6)36-29/h10-17,20H,7-9,18-19H2,1-6H3. The van der Waals surface area contributed by atoms with Gasteiger partial charge in [0, 0.05) is 0 Å². The minimum Gasteiger partial charge on any atom is -0.494 e. The molecule has 2 aromatic rings. The Morgan fingerprint density at radius 1 is 0.861 bits per heavy atom. The van der Waals surface area contributed by atoms with E-state index in [0.29, 0.717) is 30.3 Å². The number of hydrogen-bond acceptors (Lipinski definition) is 7. The van der Waals surface area contributed by atoms with Crippen molar-refractivity contribution in [2.24, 2.45) is 5.92 Å². The topological polar surface area (TPSA) is 80.3 Å². The van der Waals surface area contributed by atoms with E-state index in [4.69, 9.17) is 23.5 Å². The van der Waals surface area contributed by atoms with E-state index in [1.54, 1.807) is 36.4 Å². The van der Waals surface area contributed by atoms with Crippen LogP contribution in [0.25, 0.3) is 0 Å². The third kappa shape index (κ3) is 7.11. The minimum absolute atomic E-state index is 0.0628. The molecule has 1 heterocycles. The van der Waals surface area contributed by atoms with Gasteiger partial charge in [0.15, 0.2) is 0 Å². The fourth-order valence-corrected chi connectivity index (χ4v) is 3.40. The highest BCUT2D eigenvalue weighted by Gasteiger charge is 2.51. The van der Waals surface area contributed by atoms with Crippen molar-refractivity contribution in [3.8, 4) is 11.5 Å². The molecule has 1 aliphatic heterocycles. The van der Waals surface area contributed by atoms with Crippen LogP contribution in [0.3, 0.4) is 0 Å². The quantitative estimate of drug-likeness (QED) is 0.188. The highest BCUT2D eigenvalue weighted by molar-refractivity contribution is 6.62. The SMILES string of the molecule is CCC(C)C(=O)OCCCCOc1ccc(C(=O)Oc2ccc(B3OC(C)(C)C(C)(C)O3)cc2)cc1. The Morgan fingerprint density at radius 3 is 2.00 bits per heavy atom. The summed E-state index contributed by atoms with van der Waals surface area (Å²) in [5.41, 5.74) is 0.458. The van der Waals surface area contributed by atoms with Gasteiger partial charge in [-0.05, 0) is 88.8 Å². The normalized spacial score (nSPS) is 16.9. The van der Waals surface area contributed by atoms with Crippen molar-refractivity contribution in [1.82, 2.24) is 0 Å². The van der Waals surface area contributed by atoms with Crippen LogP contribution in [0.15, 0.2) is 48.5 Å². The lowest BCUT2D eigenvalue weighted by molar-refractivity contribution is -0.148. The van der Waals surface area contributed by atoms with Crippen molar-refractivity contribution in [2.45, 2.75) is 72.0 Å². The summed E-state index contributed by atoms with van der Waals surface area (Å²) in [5.74, 6) is 0.437. The second kappa shape index (κ2) is 11.9. The average molecular weight is 496 g/mol. The lowest BCUT2D eigenvalue weighted by atomic mass is 9.79. The second-order valence-electron chi connectivity index (χ2n) is 10.1. The van der Waals surface area contributed by atoms with Gasteiger partial charge in [-0.2, -0.15) is 0 Å². The van der Waals surface area contributed by atoms with Crippen LogP contribution in [0.4, 0.5) is 0 Å². The Labute approximate surface area is 214 Å². The Bertz CT molecular complexity index is 999. The largest absolute Gasteiger partial charge is 0.494 e. The molecule has 194 valence electrons. The zero-order chi connectivity index (χ0) is 26.3. The maximum atomic E-state index is 12.5. The van der Waals surface area contributed by atoms with Gasteiger partial charge in [0.25, 0.3) is 0 Å². The lowest BCUT2D eigenvalue weighted by Crippen LogP contribution is -2.41. The van der Waals surface area contributed by atoms with Crippen molar-refractivity contribution in [1.29, 1.82) is 0 Å². The number of esters is 2. The minimum atomic E-state index is -0.466. The van der Waals surface area contributed by atoms with Crippen LogP contribution in [-0.2, 0) is 18.8 Å². The first-order valence-corrected chi connectivity index (χ1v) is 12.6. The maximum absolute atomic E-state index is 12.5. The van der Waals surface area contributed by atoms with E-state index in [-0.39, 0.29) is 11.9 Å². The summed E-state index contributed by atoms with van der Waals surface area (Å²) in [6.07, 6.45) is 2.28. The number of hydrogen-bond donors (Lipinski definition) is 0. The Hall–Kier alpha value is -2.84. The van der Waals surface area contributed by atoms with Crippen molar-refractivity contribution in [3.05, 3.63) is 54.1 Å². The summed E-state index contributed by atoms with van der Waals surface area (Å²) < 4.78 is 28.6. The fraction of sp³-hybridized carbons (Fsp3) is 0.500. The highest BCUT2D eigenvalue weighted by Crippen LogP contribution is 2.36. The van der Waals surface area contributed by atoms with Gasteiger partial charge in [0.1, 0.15) is 11.5 Å². The lowest BCUT2D eigenvalue weighted by Gasteiger charge is -2.32. The monoisotopic (exact) mass is 496 g/mol. The molecule has 1 unspecified atom stereocenters.